The number of aryl methyl sites for hydroxylation is 1. The zero-order valence-corrected chi connectivity index (χ0v) is 17.7. The van der Waals surface area contributed by atoms with Gasteiger partial charge in [-0.2, -0.15) is 0 Å². The molecule has 0 saturated heterocycles. The van der Waals surface area contributed by atoms with Gasteiger partial charge in [0.15, 0.2) is 6.10 Å². The molecule has 1 atom stereocenters. The molecule has 0 aliphatic carbocycles. The number of rotatable bonds is 7. The van der Waals surface area contributed by atoms with Gasteiger partial charge in [-0.1, -0.05) is 42.5 Å². The quantitative estimate of drug-likeness (QED) is 0.365. The van der Waals surface area contributed by atoms with Crippen LogP contribution in [0.4, 0.5) is 0 Å². The molecule has 0 aliphatic rings. The fraction of sp³-hybridized carbons (Fsp3) is 0.154. The summed E-state index contributed by atoms with van der Waals surface area (Å²) in [6, 6.07) is 21.6. The van der Waals surface area contributed by atoms with E-state index in [-0.39, 0.29) is 17.8 Å². The Labute approximate surface area is 185 Å². The number of carbonyl (C=O) groups excluding carboxylic acids is 1. The van der Waals surface area contributed by atoms with Crippen LogP contribution in [0.2, 0.25) is 0 Å². The molecular formula is C26H22O6. The average molecular weight is 430 g/mol. The highest BCUT2D eigenvalue weighted by Gasteiger charge is 2.18. The monoisotopic (exact) mass is 430 g/mol. The topological polar surface area (TPSA) is 75.0 Å². The lowest BCUT2D eigenvalue weighted by Gasteiger charge is -2.14. The molecule has 0 bridgehead atoms. The van der Waals surface area contributed by atoms with Crippen molar-refractivity contribution < 1.29 is 23.4 Å². The summed E-state index contributed by atoms with van der Waals surface area (Å²) in [5, 5.41) is 0.349. The first-order valence-corrected chi connectivity index (χ1v) is 10.2. The van der Waals surface area contributed by atoms with Crippen molar-refractivity contribution in [3.8, 4) is 17.2 Å². The molecule has 3 aromatic carbocycles. The van der Waals surface area contributed by atoms with E-state index in [1.54, 1.807) is 31.2 Å². The summed E-state index contributed by atoms with van der Waals surface area (Å²) in [4.78, 5) is 25.0. The van der Waals surface area contributed by atoms with E-state index >= 15 is 0 Å². The van der Waals surface area contributed by atoms with Gasteiger partial charge in [0.1, 0.15) is 30.0 Å². The fourth-order valence-electron chi connectivity index (χ4n) is 3.14. The van der Waals surface area contributed by atoms with Crippen molar-refractivity contribution in [2.24, 2.45) is 0 Å². The minimum atomic E-state index is -0.827. The van der Waals surface area contributed by atoms with E-state index in [1.165, 1.54) is 6.26 Å². The van der Waals surface area contributed by atoms with Crippen LogP contribution in [0.1, 0.15) is 18.1 Å². The van der Waals surface area contributed by atoms with E-state index in [0.717, 1.165) is 11.1 Å². The molecular weight excluding hydrogens is 408 g/mol. The van der Waals surface area contributed by atoms with E-state index in [9.17, 15) is 9.59 Å². The predicted octanol–water partition coefficient (Wildman–Crippen LogP) is 5.40. The van der Waals surface area contributed by atoms with Gasteiger partial charge < -0.3 is 18.6 Å². The number of esters is 1. The maximum absolute atomic E-state index is 12.8. The number of ether oxygens (including phenoxy) is 3. The lowest BCUT2D eigenvalue weighted by atomic mass is 10.2. The van der Waals surface area contributed by atoms with E-state index in [0.29, 0.717) is 22.5 Å². The van der Waals surface area contributed by atoms with Gasteiger partial charge in [-0.3, -0.25) is 4.79 Å². The lowest BCUT2D eigenvalue weighted by Crippen LogP contribution is -2.26. The van der Waals surface area contributed by atoms with Gasteiger partial charge in [0, 0.05) is 6.07 Å². The van der Waals surface area contributed by atoms with Crippen LogP contribution in [0.25, 0.3) is 11.0 Å². The Morgan fingerprint density at radius 2 is 1.78 bits per heavy atom. The molecule has 0 fully saturated rings. The third-order valence-electron chi connectivity index (χ3n) is 4.80. The van der Waals surface area contributed by atoms with E-state index < -0.39 is 12.1 Å². The van der Waals surface area contributed by atoms with Crippen LogP contribution in [0.5, 0.6) is 17.2 Å². The Balaban J connectivity index is 1.45. The molecule has 6 nitrogen and oxygen atoms in total. The van der Waals surface area contributed by atoms with Crippen molar-refractivity contribution in [1.29, 1.82) is 0 Å². The molecule has 0 aliphatic heterocycles. The number of hydrogen-bond acceptors (Lipinski definition) is 6. The summed E-state index contributed by atoms with van der Waals surface area (Å²) in [5.74, 6) is 0.545. The summed E-state index contributed by atoms with van der Waals surface area (Å²) in [6.45, 7) is 3.71. The second-order valence-electron chi connectivity index (χ2n) is 7.36. The van der Waals surface area contributed by atoms with Crippen molar-refractivity contribution in [2.75, 3.05) is 0 Å². The number of fused-ring (bicyclic) bond motifs is 1. The molecule has 0 amide bonds. The van der Waals surface area contributed by atoms with Crippen molar-refractivity contribution in [2.45, 2.75) is 26.6 Å². The Morgan fingerprint density at radius 1 is 0.969 bits per heavy atom. The molecule has 32 heavy (non-hydrogen) atoms. The number of carbonyl (C=O) groups is 1. The molecule has 4 aromatic rings. The Kier molecular flexibility index (Phi) is 6.22. The second-order valence-corrected chi connectivity index (χ2v) is 7.36. The summed E-state index contributed by atoms with van der Waals surface area (Å²) in [5.41, 5.74) is 1.94. The maximum atomic E-state index is 12.8. The normalized spacial score (nSPS) is 11.7. The van der Waals surface area contributed by atoms with Gasteiger partial charge in [0.05, 0.1) is 5.39 Å². The molecule has 0 N–H and O–H groups in total. The highest BCUT2D eigenvalue weighted by Crippen LogP contribution is 2.25. The maximum Gasteiger partial charge on any atom is 0.347 e. The smallest absolute Gasteiger partial charge is 0.347 e. The Hall–Kier alpha value is -4.06. The second kappa shape index (κ2) is 9.39. The standard InChI is InChI=1S/C26H22O6/c1-17-7-6-10-20(13-17)32-24-16-29-23-14-21(11-12-22(23)25(24)27)31-18(2)26(28)30-15-19-8-4-3-5-9-19/h3-14,16,18H,15H2,1-2H3/t18-/m1/s1. The first kappa shape index (κ1) is 21.2. The molecule has 0 saturated carbocycles. The van der Waals surface area contributed by atoms with Gasteiger partial charge in [0.25, 0.3) is 0 Å². The van der Waals surface area contributed by atoms with Crippen LogP contribution in [0, 0.1) is 6.92 Å². The first-order valence-electron chi connectivity index (χ1n) is 10.2. The first-order chi connectivity index (χ1) is 15.5. The number of hydrogen-bond donors (Lipinski definition) is 0. The summed E-state index contributed by atoms with van der Waals surface area (Å²) >= 11 is 0. The molecule has 6 heteroatoms. The van der Waals surface area contributed by atoms with Gasteiger partial charge >= 0.3 is 5.97 Å². The molecule has 0 radical (unpaired) electrons. The van der Waals surface area contributed by atoms with Crippen molar-refractivity contribution >= 4 is 16.9 Å². The van der Waals surface area contributed by atoms with Crippen molar-refractivity contribution in [1.82, 2.24) is 0 Å². The average Bonchev–Trinajstić information content (AvgIpc) is 2.80. The van der Waals surface area contributed by atoms with Crippen molar-refractivity contribution in [3.05, 3.63) is 100 Å². The highest BCUT2D eigenvalue weighted by atomic mass is 16.6. The third-order valence-corrected chi connectivity index (χ3v) is 4.80. The Bertz CT molecular complexity index is 1290. The largest absolute Gasteiger partial charge is 0.479 e. The predicted molar refractivity (Wildman–Crippen MR) is 120 cm³/mol. The van der Waals surface area contributed by atoms with Gasteiger partial charge in [0.2, 0.25) is 11.2 Å². The van der Waals surface area contributed by atoms with Crippen LogP contribution in [-0.2, 0) is 16.1 Å². The minimum absolute atomic E-state index is 0.0922. The van der Waals surface area contributed by atoms with Gasteiger partial charge in [-0.15, -0.1) is 0 Å². The lowest BCUT2D eigenvalue weighted by molar-refractivity contribution is -0.152. The molecule has 0 spiro atoms. The van der Waals surface area contributed by atoms with Crippen LogP contribution in [-0.4, -0.2) is 12.1 Å². The number of benzene rings is 3. The summed E-state index contributed by atoms with van der Waals surface area (Å²) in [6.07, 6.45) is 0.445. The van der Waals surface area contributed by atoms with E-state index in [4.69, 9.17) is 18.6 Å². The van der Waals surface area contributed by atoms with Crippen molar-refractivity contribution in [3.63, 3.8) is 0 Å². The van der Waals surface area contributed by atoms with Crippen LogP contribution in [0.3, 0.4) is 0 Å². The molecule has 0 unspecified atom stereocenters. The van der Waals surface area contributed by atoms with Crippen LogP contribution in [0.15, 0.2) is 88.3 Å². The minimum Gasteiger partial charge on any atom is -0.479 e. The van der Waals surface area contributed by atoms with Gasteiger partial charge in [-0.05, 0) is 49.2 Å². The Morgan fingerprint density at radius 3 is 2.56 bits per heavy atom. The summed E-state index contributed by atoms with van der Waals surface area (Å²) < 4.78 is 22.3. The molecule has 1 aromatic heterocycles. The van der Waals surface area contributed by atoms with Gasteiger partial charge in [-0.25, -0.2) is 4.79 Å². The van der Waals surface area contributed by atoms with Crippen LogP contribution >= 0.6 is 0 Å². The summed E-state index contributed by atoms with van der Waals surface area (Å²) in [7, 11) is 0. The molecule has 162 valence electrons. The molecule has 1 heterocycles. The van der Waals surface area contributed by atoms with Crippen LogP contribution < -0.4 is 14.9 Å². The zero-order chi connectivity index (χ0) is 22.5. The zero-order valence-electron chi connectivity index (χ0n) is 17.7. The fourth-order valence-corrected chi connectivity index (χ4v) is 3.14. The molecule has 4 rings (SSSR count). The van der Waals surface area contributed by atoms with E-state index in [2.05, 4.69) is 0 Å². The van der Waals surface area contributed by atoms with E-state index in [1.807, 2.05) is 55.5 Å². The SMILES string of the molecule is Cc1cccc(Oc2coc3cc(O[C@H](C)C(=O)OCc4ccccc4)ccc3c2=O)c1. The highest BCUT2D eigenvalue weighted by molar-refractivity contribution is 5.79. The third kappa shape index (κ3) is 4.98.